The molecule has 0 radical (unpaired) electrons. The molecular formula is C6H4N2O2S. The first-order valence-corrected chi connectivity index (χ1v) is 3.78. The van der Waals surface area contributed by atoms with Gasteiger partial charge in [-0.15, -0.1) is 11.3 Å². The summed E-state index contributed by atoms with van der Waals surface area (Å²) in [4.78, 5) is 14.0. The van der Waals surface area contributed by atoms with Crippen molar-refractivity contribution in [3.8, 4) is 0 Å². The molecule has 0 amide bonds. The van der Waals surface area contributed by atoms with E-state index in [1.807, 2.05) is 0 Å². The molecule has 0 saturated carbocycles. The molecule has 0 bridgehead atoms. The Bertz CT molecular complexity index is 404. The number of anilines is 1. The van der Waals surface area contributed by atoms with Gasteiger partial charge in [-0.1, -0.05) is 0 Å². The Balaban J connectivity index is 2.79. The molecule has 0 aliphatic heterocycles. The average molecular weight is 168 g/mol. The van der Waals surface area contributed by atoms with Crippen molar-refractivity contribution in [3.63, 3.8) is 0 Å². The summed E-state index contributed by atoms with van der Waals surface area (Å²) in [5.41, 5.74) is 6.67. The molecule has 0 aromatic carbocycles. The van der Waals surface area contributed by atoms with Gasteiger partial charge in [0.15, 0.2) is 5.58 Å². The van der Waals surface area contributed by atoms with Gasteiger partial charge in [-0.2, -0.15) is 0 Å². The van der Waals surface area contributed by atoms with Crippen molar-refractivity contribution in [2.45, 2.75) is 0 Å². The van der Waals surface area contributed by atoms with E-state index in [9.17, 15) is 4.79 Å². The van der Waals surface area contributed by atoms with E-state index in [0.717, 1.165) is 0 Å². The fourth-order valence-electron chi connectivity index (χ4n) is 0.829. The third kappa shape index (κ3) is 0.813. The van der Waals surface area contributed by atoms with Gasteiger partial charge in [0.2, 0.25) is 6.29 Å². The zero-order valence-corrected chi connectivity index (χ0v) is 6.22. The average Bonchev–Trinajstić information content (AvgIpc) is 2.53. The molecule has 0 spiro atoms. The highest BCUT2D eigenvalue weighted by atomic mass is 32.1. The standard InChI is InChI=1S/C6H4N2O2S/c7-6-5-3(2-11-6)8-4(1-9)10-5/h1-2H,7H2. The van der Waals surface area contributed by atoms with Crippen LogP contribution in [0.4, 0.5) is 5.00 Å². The maximum Gasteiger partial charge on any atom is 0.261 e. The first kappa shape index (κ1) is 6.36. The number of oxazole rings is 1. The number of thiophene rings is 1. The molecular weight excluding hydrogens is 164 g/mol. The van der Waals surface area contributed by atoms with Crippen LogP contribution in [0.25, 0.3) is 11.1 Å². The van der Waals surface area contributed by atoms with E-state index >= 15 is 0 Å². The molecule has 0 aliphatic carbocycles. The van der Waals surface area contributed by atoms with Gasteiger partial charge >= 0.3 is 0 Å². The van der Waals surface area contributed by atoms with Gasteiger partial charge in [0.1, 0.15) is 10.5 Å². The maximum atomic E-state index is 10.2. The van der Waals surface area contributed by atoms with Crippen LogP contribution >= 0.6 is 11.3 Å². The van der Waals surface area contributed by atoms with Gasteiger partial charge in [-0.25, -0.2) is 4.98 Å². The summed E-state index contributed by atoms with van der Waals surface area (Å²) in [5.74, 6) is 0.0782. The maximum absolute atomic E-state index is 10.2. The molecule has 0 atom stereocenters. The molecule has 2 aromatic rings. The number of aromatic nitrogens is 1. The highest BCUT2D eigenvalue weighted by Gasteiger charge is 2.08. The number of nitrogen functional groups attached to an aromatic ring is 1. The molecule has 0 fully saturated rings. The van der Waals surface area contributed by atoms with Crippen molar-refractivity contribution in [1.29, 1.82) is 0 Å². The van der Waals surface area contributed by atoms with E-state index in [1.165, 1.54) is 11.3 Å². The number of carbonyl (C=O) groups is 1. The molecule has 56 valence electrons. The molecule has 0 saturated heterocycles. The van der Waals surface area contributed by atoms with E-state index in [4.69, 9.17) is 10.2 Å². The molecule has 5 heteroatoms. The predicted octanol–water partition coefficient (Wildman–Crippen LogP) is 1.28. The lowest BCUT2D eigenvalue weighted by atomic mass is 10.5. The van der Waals surface area contributed by atoms with Crippen LogP contribution < -0.4 is 5.73 Å². The molecule has 0 aliphatic rings. The third-order valence-corrected chi connectivity index (χ3v) is 2.07. The van der Waals surface area contributed by atoms with Gasteiger partial charge in [0.25, 0.3) is 5.89 Å². The minimum absolute atomic E-state index is 0.0782. The number of hydrogen-bond donors (Lipinski definition) is 1. The van der Waals surface area contributed by atoms with Crippen molar-refractivity contribution in [2.24, 2.45) is 0 Å². The number of aldehydes is 1. The van der Waals surface area contributed by atoms with Gasteiger partial charge in [0, 0.05) is 5.38 Å². The predicted molar refractivity (Wildman–Crippen MR) is 41.7 cm³/mol. The third-order valence-electron chi connectivity index (χ3n) is 1.29. The van der Waals surface area contributed by atoms with Crippen LogP contribution in [0.5, 0.6) is 0 Å². The molecule has 0 unspecified atom stereocenters. The lowest BCUT2D eigenvalue weighted by Crippen LogP contribution is -1.76. The van der Waals surface area contributed by atoms with Crippen LogP contribution in [0.2, 0.25) is 0 Å². The van der Waals surface area contributed by atoms with Gasteiger partial charge in [-0.3, -0.25) is 4.79 Å². The molecule has 11 heavy (non-hydrogen) atoms. The smallest absolute Gasteiger partial charge is 0.261 e. The number of nitrogens with two attached hydrogens (primary N) is 1. The summed E-state index contributed by atoms with van der Waals surface area (Å²) in [6, 6.07) is 0. The molecule has 4 nitrogen and oxygen atoms in total. The highest BCUT2D eigenvalue weighted by Crippen LogP contribution is 2.27. The fraction of sp³-hybridized carbons (Fsp3) is 0. The summed E-state index contributed by atoms with van der Waals surface area (Å²) in [6.07, 6.45) is 0.560. The topological polar surface area (TPSA) is 69.1 Å². The van der Waals surface area contributed by atoms with Crippen molar-refractivity contribution in [1.82, 2.24) is 4.98 Å². The van der Waals surface area contributed by atoms with E-state index in [2.05, 4.69) is 4.98 Å². The summed E-state index contributed by atoms with van der Waals surface area (Å²) < 4.78 is 4.99. The number of carbonyl (C=O) groups excluding carboxylic acids is 1. The zero-order chi connectivity index (χ0) is 7.84. The van der Waals surface area contributed by atoms with Crippen molar-refractivity contribution >= 4 is 33.7 Å². The molecule has 2 heterocycles. The Hall–Kier alpha value is -1.36. The monoisotopic (exact) mass is 168 g/mol. The van der Waals surface area contributed by atoms with Crippen LogP contribution in [0.3, 0.4) is 0 Å². The minimum atomic E-state index is 0.0782. The van der Waals surface area contributed by atoms with Crippen LogP contribution in [-0.4, -0.2) is 11.3 Å². The number of rotatable bonds is 1. The van der Waals surface area contributed by atoms with E-state index < -0.39 is 0 Å². The number of fused-ring (bicyclic) bond motifs is 1. The summed E-state index contributed by atoms with van der Waals surface area (Å²) in [6.45, 7) is 0. The quantitative estimate of drug-likeness (QED) is 0.651. The fourth-order valence-corrected chi connectivity index (χ4v) is 1.48. The van der Waals surface area contributed by atoms with Crippen LogP contribution in [0.15, 0.2) is 9.80 Å². The lowest BCUT2D eigenvalue weighted by molar-refractivity contribution is 0.109. The van der Waals surface area contributed by atoms with Gasteiger partial charge in [-0.05, 0) is 0 Å². The highest BCUT2D eigenvalue weighted by molar-refractivity contribution is 7.15. The van der Waals surface area contributed by atoms with Gasteiger partial charge in [0.05, 0.1) is 0 Å². The van der Waals surface area contributed by atoms with Crippen LogP contribution in [0.1, 0.15) is 10.7 Å². The Labute approximate surface area is 65.6 Å². The second kappa shape index (κ2) is 2.06. The second-order valence-corrected chi connectivity index (χ2v) is 2.90. The largest absolute Gasteiger partial charge is 0.431 e. The van der Waals surface area contributed by atoms with Crippen LogP contribution in [-0.2, 0) is 0 Å². The first-order chi connectivity index (χ1) is 5.31. The molecule has 2 rings (SSSR count). The van der Waals surface area contributed by atoms with Crippen molar-refractivity contribution in [2.75, 3.05) is 5.73 Å². The first-order valence-electron chi connectivity index (χ1n) is 2.90. The normalized spacial score (nSPS) is 10.5. The van der Waals surface area contributed by atoms with Crippen molar-refractivity contribution < 1.29 is 9.21 Å². The van der Waals surface area contributed by atoms with Crippen LogP contribution in [0, 0.1) is 0 Å². The summed E-state index contributed by atoms with van der Waals surface area (Å²) in [7, 11) is 0. The van der Waals surface area contributed by atoms with E-state index in [-0.39, 0.29) is 5.89 Å². The Morgan fingerprint density at radius 1 is 1.73 bits per heavy atom. The Kier molecular flexibility index (Phi) is 1.19. The molecule has 2 aromatic heterocycles. The second-order valence-electron chi connectivity index (χ2n) is 1.98. The summed E-state index contributed by atoms with van der Waals surface area (Å²) >= 11 is 1.35. The summed E-state index contributed by atoms with van der Waals surface area (Å²) in [5, 5.41) is 2.31. The lowest BCUT2D eigenvalue weighted by Gasteiger charge is -1.78. The number of nitrogens with zero attached hydrogens (tertiary/aromatic N) is 1. The minimum Gasteiger partial charge on any atom is -0.431 e. The number of hydrogen-bond acceptors (Lipinski definition) is 5. The van der Waals surface area contributed by atoms with E-state index in [1.54, 1.807) is 5.38 Å². The van der Waals surface area contributed by atoms with Gasteiger partial charge < -0.3 is 10.2 Å². The Morgan fingerprint density at radius 3 is 3.18 bits per heavy atom. The molecule has 2 N–H and O–H groups in total. The zero-order valence-electron chi connectivity index (χ0n) is 5.40. The van der Waals surface area contributed by atoms with Crippen molar-refractivity contribution in [3.05, 3.63) is 11.3 Å². The SMILES string of the molecule is Nc1scc2nc(C=O)oc12. The van der Waals surface area contributed by atoms with E-state index in [0.29, 0.717) is 22.4 Å². The Morgan fingerprint density at radius 2 is 2.55 bits per heavy atom.